The van der Waals surface area contributed by atoms with Crippen LogP contribution in [-0.4, -0.2) is 43.1 Å². The number of benzene rings is 1. The van der Waals surface area contributed by atoms with Gasteiger partial charge in [-0.2, -0.15) is 0 Å². The lowest BCUT2D eigenvalue weighted by atomic mass is 10.2. The van der Waals surface area contributed by atoms with Crippen molar-refractivity contribution in [2.75, 3.05) is 25.9 Å². The van der Waals surface area contributed by atoms with E-state index in [2.05, 4.69) is 0 Å². The van der Waals surface area contributed by atoms with E-state index in [0.717, 1.165) is 25.9 Å². The number of likely N-dealkylation sites (tertiary alicyclic amines) is 1. The van der Waals surface area contributed by atoms with Crippen molar-refractivity contribution < 1.29 is 19.1 Å². The Balaban J connectivity index is 2.03. The molecule has 6 nitrogen and oxygen atoms in total. The second-order valence-corrected chi connectivity index (χ2v) is 5.07. The second-order valence-electron chi connectivity index (χ2n) is 5.07. The van der Waals surface area contributed by atoms with Gasteiger partial charge in [-0.3, -0.25) is 4.79 Å². The lowest BCUT2D eigenvalue weighted by Crippen LogP contribution is -2.38. The Morgan fingerprint density at radius 2 is 1.90 bits per heavy atom. The second kappa shape index (κ2) is 6.47. The highest BCUT2D eigenvalue weighted by atomic mass is 16.5. The molecule has 1 heterocycles. The fraction of sp³-hybridized carbons (Fsp3) is 0.467. The molecule has 0 bridgehead atoms. The molecule has 1 unspecified atom stereocenters. The highest BCUT2D eigenvalue weighted by molar-refractivity contribution is 5.93. The first-order valence-corrected chi connectivity index (χ1v) is 6.95. The Hall–Kier alpha value is -2.24. The predicted molar refractivity (Wildman–Crippen MR) is 78.1 cm³/mol. The molecule has 0 aliphatic carbocycles. The van der Waals surface area contributed by atoms with Crippen LogP contribution in [0, 0.1) is 0 Å². The van der Waals surface area contributed by atoms with Crippen LogP contribution in [0.2, 0.25) is 0 Å². The van der Waals surface area contributed by atoms with Crippen LogP contribution in [0.1, 0.15) is 30.1 Å². The Bertz CT molecular complexity index is 538. The predicted octanol–water partition coefficient (Wildman–Crippen LogP) is 1.45. The molecule has 0 aromatic heterocycles. The van der Waals surface area contributed by atoms with Gasteiger partial charge < -0.3 is 20.1 Å². The number of ether oxygens (including phenoxy) is 2. The van der Waals surface area contributed by atoms with Gasteiger partial charge in [-0.1, -0.05) is 0 Å². The van der Waals surface area contributed by atoms with Gasteiger partial charge in [-0.25, -0.2) is 4.79 Å². The van der Waals surface area contributed by atoms with Crippen molar-refractivity contribution in [2.45, 2.75) is 25.9 Å². The van der Waals surface area contributed by atoms with E-state index in [1.807, 2.05) is 0 Å². The maximum Gasteiger partial charge on any atom is 0.339 e. The highest BCUT2D eigenvalue weighted by Crippen LogP contribution is 2.20. The third-order valence-corrected chi connectivity index (χ3v) is 3.45. The van der Waals surface area contributed by atoms with Crippen LogP contribution in [0.3, 0.4) is 0 Å². The van der Waals surface area contributed by atoms with E-state index in [1.165, 1.54) is 19.2 Å². The Morgan fingerprint density at radius 3 is 2.52 bits per heavy atom. The zero-order chi connectivity index (χ0) is 15.4. The summed E-state index contributed by atoms with van der Waals surface area (Å²) < 4.78 is 10.3. The number of nitrogen functional groups attached to an aromatic ring is 1. The molecule has 114 valence electrons. The monoisotopic (exact) mass is 292 g/mol. The number of hydrogen-bond acceptors (Lipinski definition) is 5. The molecule has 21 heavy (non-hydrogen) atoms. The molecule has 0 spiro atoms. The summed E-state index contributed by atoms with van der Waals surface area (Å²) in [6.45, 7) is 3.04. The number of nitrogens with zero attached hydrogens (tertiary/aromatic N) is 1. The van der Waals surface area contributed by atoms with E-state index in [0.29, 0.717) is 11.4 Å². The van der Waals surface area contributed by atoms with Crippen molar-refractivity contribution in [1.82, 2.24) is 4.90 Å². The maximum atomic E-state index is 12.1. The van der Waals surface area contributed by atoms with Gasteiger partial charge in [-0.05, 0) is 31.9 Å². The number of rotatable bonds is 4. The Kier molecular flexibility index (Phi) is 4.67. The van der Waals surface area contributed by atoms with Crippen LogP contribution < -0.4 is 10.5 Å². The maximum absolute atomic E-state index is 12.1. The van der Waals surface area contributed by atoms with Crippen LogP contribution in [-0.2, 0) is 9.53 Å². The highest BCUT2D eigenvalue weighted by Gasteiger charge is 2.26. The van der Waals surface area contributed by atoms with Gasteiger partial charge in [0.2, 0.25) is 0 Å². The van der Waals surface area contributed by atoms with Crippen molar-refractivity contribution in [2.24, 2.45) is 0 Å². The molecule has 0 saturated carbocycles. The average molecular weight is 292 g/mol. The number of anilines is 1. The fourth-order valence-corrected chi connectivity index (χ4v) is 2.33. The van der Waals surface area contributed by atoms with Gasteiger partial charge in [0.1, 0.15) is 5.75 Å². The Labute approximate surface area is 123 Å². The summed E-state index contributed by atoms with van der Waals surface area (Å²) in [5, 5.41) is 0. The molecule has 1 aromatic carbocycles. The number of hydrogen-bond donors (Lipinski definition) is 1. The first kappa shape index (κ1) is 15.2. The van der Waals surface area contributed by atoms with Crippen LogP contribution in [0.5, 0.6) is 5.75 Å². The molecular formula is C15H20N2O4. The first-order chi connectivity index (χ1) is 10.0. The minimum absolute atomic E-state index is 0.156. The summed E-state index contributed by atoms with van der Waals surface area (Å²) in [6.07, 6.45) is 1.19. The van der Waals surface area contributed by atoms with Crippen molar-refractivity contribution in [3.63, 3.8) is 0 Å². The molecule has 6 heteroatoms. The van der Waals surface area contributed by atoms with Crippen LogP contribution in [0.4, 0.5) is 5.69 Å². The summed E-state index contributed by atoms with van der Waals surface area (Å²) in [7, 11) is 1.49. The van der Waals surface area contributed by atoms with E-state index >= 15 is 0 Å². The van der Waals surface area contributed by atoms with E-state index < -0.39 is 12.1 Å². The van der Waals surface area contributed by atoms with Crippen LogP contribution in [0.25, 0.3) is 0 Å². The van der Waals surface area contributed by atoms with Gasteiger partial charge in [0.25, 0.3) is 5.91 Å². The molecule has 1 aliphatic heterocycles. The minimum atomic E-state index is -0.803. The number of esters is 1. The molecule has 2 N–H and O–H groups in total. The van der Waals surface area contributed by atoms with Gasteiger partial charge in [-0.15, -0.1) is 0 Å². The smallest absolute Gasteiger partial charge is 0.339 e. The Morgan fingerprint density at radius 1 is 1.24 bits per heavy atom. The van der Waals surface area contributed by atoms with Crippen LogP contribution in [0.15, 0.2) is 18.2 Å². The first-order valence-electron chi connectivity index (χ1n) is 6.95. The average Bonchev–Trinajstić information content (AvgIpc) is 2.99. The summed E-state index contributed by atoms with van der Waals surface area (Å²) >= 11 is 0. The van der Waals surface area contributed by atoms with Crippen molar-refractivity contribution in [3.8, 4) is 5.75 Å². The van der Waals surface area contributed by atoms with Gasteiger partial charge in [0, 0.05) is 24.8 Å². The molecule has 1 amide bonds. The van der Waals surface area contributed by atoms with Gasteiger partial charge >= 0.3 is 5.97 Å². The number of methoxy groups -OCH3 is 1. The lowest BCUT2D eigenvalue weighted by molar-refractivity contribution is -0.138. The number of nitrogens with two attached hydrogens (primary N) is 1. The van der Waals surface area contributed by atoms with E-state index in [1.54, 1.807) is 17.9 Å². The third kappa shape index (κ3) is 3.65. The standard InChI is InChI=1S/C15H20N2O4/c1-10(14(18)17-5-3-4-6-17)21-15(19)11-7-12(16)9-13(8-11)20-2/h7-10H,3-6,16H2,1-2H3. The van der Waals surface area contributed by atoms with E-state index in [9.17, 15) is 9.59 Å². The zero-order valence-corrected chi connectivity index (χ0v) is 12.3. The lowest BCUT2D eigenvalue weighted by Gasteiger charge is -2.20. The SMILES string of the molecule is COc1cc(N)cc(C(=O)OC(C)C(=O)N2CCCC2)c1. The molecule has 0 radical (unpaired) electrons. The molecule has 1 aliphatic rings. The molecule has 1 saturated heterocycles. The quantitative estimate of drug-likeness (QED) is 0.671. The number of carbonyl (C=O) groups is 2. The number of carbonyl (C=O) groups excluding carboxylic acids is 2. The zero-order valence-electron chi connectivity index (χ0n) is 12.3. The molecule has 1 aromatic rings. The van der Waals surface area contributed by atoms with Crippen molar-refractivity contribution >= 4 is 17.6 Å². The molecule has 1 atom stereocenters. The molecule has 1 fully saturated rings. The van der Waals surface area contributed by atoms with Gasteiger partial charge in [0.05, 0.1) is 12.7 Å². The largest absolute Gasteiger partial charge is 0.497 e. The van der Waals surface area contributed by atoms with Crippen LogP contribution >= 0.6 is 0 Å². The minimum Gasteiger partial charge on any atom is -0.497 e. The topological polar surface area (TPSA) is 81.9 Å². The van der Waals surface area contributed by atoms with Crippen molar-refractivity contribution in [3.05, 3.63) is 23.8 Å². The summed E-state index contributed by atoms with van der Waals surface area (Å²) in [5.41, 5.74) is 6.37. The van der Waals surface area contributed by atoms with E-state index in [4.69, 9.17) is 15.2 Å². The van der Waals surface area contributed by atoms with Gasteiger partial charge in [0.15, 0.2) is 6.10 Å². The number of amides is 1. The summed E-state index contributed by atoms with van der Waals surface area (Å²) in [5.74, 6) is -0.266. The normalized spacial score (nSPS) is 15.6. The van der Waals surface area contributed by atoms with E-state index in [-0.39, 0.29) is 11.5 Å². The molecule has 2 rings (SSSR count). The van der Waals surface area contributed by atoms with Crippen molar-refractivity contribution in [1.29, 1.82) is 0 Å². The summed E-state index contributed by atoms with van der Waals surface area (Å²) in [6, 6.07) is 4.64. The third-order valence-electron chi connectivity index (χ3n) is 3.45. The summed E-state index contributed by atoms with van der Waals surface area (Å²) in [4.78, 5) is 25.9. The fourth-order valence-electron chi connectivity index (χ4n) is 2.33. The molecular weight excluding hydrogens is 272 g/mol.